The lowest BCUT2D eigenvalue weighted by atomic mass is 9.76. The molecule has 0 saturated carbocycles. The van der Waals surface area contributed by atoms with Gasteiger partial charge in [-0.05, 0) is 30.7 Å². The highest BCUT2D eigenvalue weighted by molar-refractivity contribution is 4.79. The van der Waals surface area contributed by atoms with E-state index in [1.54, 1.807) is 0 Å². The highest BCUT2D eigenvalue weighted by atomic mass is 16.5. The van der Waals surface area contributed by atoms with Crippen molar-refractivity contribution in [2.75, 3.05) is 26.8 Å². The van der Waals surface area contributed by atoms with Gasteiger partial charge >= 0.3 is 0 Å². The van der Waals surface area contributed by atoms with Crippen molar-refractivity contribution in [3.63, 3.8) is 0 Å². The monoisotopic (exact) mass is 215 g/mol. The Balaban J connectivity index is 3.86. The Morgan fingerprint density at radius 3 is 2.20 bits per heavy atom. The topological polar surface area (TPSA) is 21.3 Å². The minimum atomic E-state index is 0.353. The third-order valence-corrected chi connectivity index (χ3v) is 3.24. The van der Waals surface area contributed by atoms with E-state index in [-0.39, 0.29) is 0 Å². The molecular weight excluding hydrogens is 186 g/mol. The summed E-state index contributed by atoms with van der Waals surface area (Å²) in [5.41, 5.74) is 0.353. The van der Waals surface area contributed by atoms with Gasteiger partial charge in [-0.15, -0.1) is 0 Å². The molecule has 1 N–H and O–H groups in total. The Morgan fingerprint density at radius 2 is 1.80 bits per heavy atom. The van der Waals surface area contributed by atoms with Crippen LogP contribution in [0.4, 0.5) is 0 Å². The molecule has 0 aliphatic rings. The minimum absolute atomic E-state index is 0.353. The molecule has 0 spiro atoms. The molecule has 0 aromatic rings. The molecule has 0 saturated heterocycles. The van der Waals surface area contributed by atoms with Crippen molar-refractivity contribution in [3.05, 3.63) is 0 Å². The van der Waals surface area contributed by atoms with E-state index in [0.717, 1.165) is 26.2 Å². The second-order valence-electron chi connectivity index (χ2n) is 5.56. The van der Waals surface area contributed by atoms with E-state index >= 15 is 0 Å². The molecule has 0 fully saturated rings. The van der Waals surface area contributed by atoms with Crippen LogP contribution in [0.1, 0.15) is 41.0 Å². The van der Waals surface area contributed by atoms with Gasteiger partial charge in [0, 0.05) is 19.8 Å². The molecule has 0 bridgehead atoms. The lowest BCUT2D eigenvalue weighted by Gasteiger charge is -2.33. The Kier molecular flexibility index (Phi) is 7.20. The van der Waals surface area contributed by atoms with Crippen LogP contribution in [0, 0.1) is 17.3 Å². The maximum absolute atomic E-state index is 5.66. The molecular formula is C13H29NO. The van der Waals surface area contributed by atoms with Crippen molar-refractivity contribution < 1.29 is 4.74 Å². The van der Waals surface area contributed by atoms with Gasteiger partial charge in [-0.3, -0.25) is 0 Å². The van der Waals surface area contributed by atoms with E-state index in [2.05, 4.69) is 39.9 Å². The van der Waals surface area contributed by atoms with Gasteiger partial charge in [0.1, 0.15) is 0 Å². The summed E-state index contributed by atoms with van der Waals surface area (Å²) in [6.07, 6.45) is 1.14. The largest absolute Gasteiger partial charge is 0.381 e. The Morgan fingerprint density at radius 1 is 1.20 bits per heavy atom. The van der Waals surface area contributed by atoms with Gasteiger partial charge in [0.05, 0.1) is 0 Å². The smallest absolute Gasteiger partial charge is 0.0488 e. The number of hydrogen-bond acceptors (Lipinski definition) is 2. The summed E-state index contributed by atoms with van der Waals surface area (Å²) in [6, 6.07) is 0. The molecule has 2 nitrogen and oxygen atoms in total. The quantitative estimate of drug-likeness (QED) is 0.629. The van der Waals surface area contributed by atoms with Gasteiger partial charge in [-0.25, -0.2) is 0 Å². The van der Waals surface area contributed by atoms with E-state index in [4.69, 9.17) is 4.74 Å². The molecule has 0 aliphatic heterocycles. The predicted molar refractivity (Wildman–Crippen MR) is 67.1 cm³/mol. The third-order valence-electron chi connectivity index (χ3n) is 3.24. The average Bonchev–Trinajstić information content (AvgIpc) is 2.12. The maximum Gasteiger partial charge on any atom is 0.0488 e. The molecule has 0 aliphatic carbocycles. The molecule has 15 heavy (non-hydrogen) atoms. The fraction of sp³-hybridized carbons (Fsp3) is 1.00. The van der Waals surface area contributed by atoms with Crippen molar-refractivity contribution in [3.8, 4) is 0 Å². The summed E-state index contributed by atoms with van der Waals surface area (Å²) in [6.45, 7) is 14.1. The van der Waals surface area contributed by atoms with Gasteiger partial charge in [0.2, 0.25) is 0 Å². The fourth-order valence-corrected chi connectivity index (χ4v) is 1.61. The summed E-state index contributed by atoms with van der Waals surface area (Å²) in [4.78, 5) is 0. The van der Waals surface area contributed by atoms with Crippen molar-refractivity contribution in [1.29, 1.82) is 0 Å². The number of rotatable bonds is 8. The maximum atomic E-state index is 5.66. The molecule has 1 unspecified atom stereocenters. The zero-order valence-corrected chi connectivity index (χ0v) is 11.4. The first kappa shape index (κ1) is 14.9. The van der Waals surface area contributed by atoms with Crippen molar-refractivity contribution in [2.24, 2.45) is 17.3 Å². The van der Waals surface area contributed by atoms with Crippen molar-refractivity contribution in [1.82, 2.24) is 5.32 Å². The van der Waals surface area contributed by atoms with Crippen LogP contribution in [0.2, 0.25) is 0 Å². The van der Waals surface area contributed by atoms with E-state index in [1.807, 2.05) is 7.05 Å². The van der Waals surface area contributed by atoms with Crippen LogP contribution in [-0.2, 0) is 4.74 Å². The van der Waals surface area contributed by atoms with Gasteiger partial charge in [0.15, 0.2) is 0 Å². The molecule has 92 valence electrons. The second-order valence-corrected chi connectivity index (χ2v) is 5.56. The third kappa shape index (κ3) is 6.16. The first-order valence-electron chi connectivity index (χ1n) is 6.14. The molecule has 0 aromatic heterocycles. The van der Waals surface area contributed by atoms with Crippen LogP contribution in [0.15, 0.2) is 0 Å². The molecule has 0 radical (unpaired) electrons. The summed E-state index contributed by atoms with van der Waals surface area (Å²) in [7, 11) is 2.02. The summed E-state index contributed by atoms with van der Waals surface area (Å²) in [5, 5.41) is 3.28. The Bertz CT molecular complexity index is 157. The van der Waals surface area contributed by atoms with Gasteiger partial charge < -0.3 is 10.1 Å². The zero-order chi connectivity index (χ0) is 11.9. The van der Waals surface area contributed by atoms with E-state index < -0.39 is 0 Å². The summed E-state index contributed by atoms with van der Waals surface area (Å²) in [5.74, 6) is 1.33. The molecule has 0 amide bonds. The average molecular weight is 215 g/mol. The molecule has 2 heteroatoms. The van der Waals surface area contributed by atoms with E-state index in [1.165, 1.54) is 0 Å². The lowest BCUT2D eigenvalue weighted by molar-refractivity contribution is 0.0658. The summed E-state index contributed by atoms with van der Waals surface area (Å²) < 4.78 is 5.66. The normalized spacial score (nSPS) is 16.0. The molecule has 1 atom stereocenters. The summed E-state index contributed by atoms with van der Waals surface area (Å²) >= 11 is 0. The van der Waals surface area contributed by atoms with E-state index in [9.17, 15) is 0 Å². The lowest BCUT2D eigenvalue weighted by Crippen LogP contribution is -2.35. The second kappa shape index (κ2) is 7.24. The van der Waals surface area contributed by atoms with Crippen molar-refractivity contribution >= 4 is 0 Å². The van der Waals surface area contributed by atoms with Gasteiger partial charge in [-0.1, -0.05) is 34.6 Å². The fourth-order valence-electron chi connectivity index (χ4n) is 1.61. The zero-order valence-electron chi connectivity index (χ0n) is 11.4. The number of ether oxygens (including phenoxy) is 1. The molecule has 0 heterocycles. The molecule has 0 rings (SSSR count). The molecule has 0 aromatic carbocycles. The van der Waals surface area contributed by atoms with E-state index in [0.29, 0.717) is 17.3 Å². The van der Waals surface area contributed by atoms with Crippen LogP contribution >= 0.6 is 0 Å². The number of nitrogens with one attached hydrogen (secondary N) is 1. The highest BCUT2D eigenvalue weighted by Crippen LogP contribution is 2.30. The standard InChI is InChI=1S/C13H29NO/c1-11(2)9-15-8-7-13(5,10-14-6)12(3)4/h11-12,14H,7-10H2,1-6H3. The predicted octanol–water partition coefficient (Wildman–Crippen LogP) is 2.93. The Hall–Kier alpha value is -0.0800. The van der Waals surface area contributed by atoms with Gasteiger partial charge in [0.25, 0.3) is 0 Å². The SMILES string of the molecule is CNCC(C)(CCOCC(C)C)C(C)C. The van der Waals surface area contributed by atoms with Crippen LogP contribution in [-0.4, -0.2) is 26.8 Å². The van der Waals surface area contributed by atoms with Crippen LogP contribution in [0.25, 0.3) is 0 Å². The van der Waals surface area contributed by atoms with Gasteiger partial charge in [-0.2, -0.15) is 0 Å². The minimum Gasteiger partial charge on any atom is -0.381 e. The van der Waals surface area contributed by atoms with Crippen molar-refractivity contribution in [2.45, 2.75) is 41.0 Å². The van der Waals surface area contributed by atoms with Crippen LogP contribution in [0.5, 0.6) is 0 Å². The first-order valence-corrected chi connectivity index (χ1v) is 6.14. The first-order chi connectivity index (χ1) is 6.92. The Labute approximate surface area is 95.8 Å². The van der Waals surface area contributed by atoms with Crippen LogP contribution < -0.4 is 5.32 Å². The highest BCUT2D eigenvalue weighted by Gasteiger charge is 2.27. The number of hydrogen-bond donors (Lipinski definition) is 1. The van der Waals surface area contributed by atoms with Crippen LogP contribution in [0.3, 0.4) is 0 Å².